The Morgan fingerprint density at radius 1 is 1.05 bits per heavy atom. The summed E-state index contributed by atoms with van der Waals surface area (Å²) in [4.78, 5) is 3.41. The second-order valence-corrected chi connectivity index (χ2v) is 3.65. The van der Waals surface area contributed by atoms with Crippen LogP contribution in [0.15, 0.2) is 12.3 Å². The molecule has 0 saturated carbocycles. The van der Waals surface area contributed by atoms with E-state index in [2.05, 4.69) is 4.98 Å². The molecule has 5 nitrogen and oxygen atoms in total. The van der Waals surface area contributed by atoms with Gasteiger partial charge in [0, 0.05) is 6.20 Å². The predicted molar refractivity (Wildman–Crippen MR) is 57.1 cm³/mol. The van der Waals surface area contributed by atoms with E-state index in [1.807, 2.05) is 0 Å². The van der Waals surface area contributed by atoms with E-state index in [1.165, 1.54) is 18.2 Å². The van der Waals surface area contributed by atoms with Crippen molar-refractivity contribution in [2.75, 3.05) is 0 Å². The van der Waals surface area contributed by atoms with Crippen LogP contribution in [0.1, 0.15) is 16.8 Å². The molecule has 98 valence electrons. The molecule has 0 fully saturated rings. The highest BCUT2D eigenvalue weighted by molar-refractivity contribution is 5.49. The summed E-state index contributed by atoms with van der Waals surface area (Å²) >= 11 is 0. The van der Waals surface area contributed by atoms with Crippen molar-refractivity contribution in [3.8, 4) is 24.3 Å². The number of aromatic nitrogens is 1. The van der Waals surface area contributed by atoms with Crippen LogP contribution in [0.4, 0.5) is 13.2 Å². The highest BCUT2D eigenvalue weighted by atomic mass is 19.4. The molecule has 1 rings (SSSR count). The Balaban J connectivity index is 3.60. The number of nitriles is 4. The fourth-order valence-electron chi connectivity index (χ4n) is 1.46. The van der Waals surface area contributed by atoms with Gasteiger partial charge < -0.3 is 0 Å². The van der Waals surface area contributed by atoms with Gasteiger partial charge in [-0.2, -0.15) is 34.2 Å². The smallest absolute Gasteiger partial charge is 0.256 e. The molecule has 0 bridgehead atoms. The lowest BCUT2D eigenvalue weighted by atomic mass is 9.85. The summed E-state index contributed by atoms with van der Waals surface area (Å²) in [5, 5.41) is 35.3. The molecule has 0 radical (unpaired) electrons. The Morgan fingerprint density at radius 2 is 1.60 bits per heavy atom. The van der Waals surface area contributed by atoms with Gasteiger partial charge >= 0.3 is 6.18 Å². The van der Waals surface area contributed by atoms with E-state index < -0.39 is 29.3 Å². The molecule has 0 saturated heterocycles. The third kappa shape index (κ3) is 2.51. The minimum atomic E-state index is -4.68. The van der Waals surface area contributed by atoms with Crippen LogP contribution in [0.3, 0.4) is 0 Å². The van der Waals surface area contributed by atoms with E-state index in [1.54, 1.807) is 6.07 Å². The van der Waals surface area contributed by atoms with Crippen LogP contribution >= 0.6 is 0 Å². The van der Waals surface area contributed by atoms with Crippen molar-refractivity contribution in [2.45, 2.75) is 18.0 Å². The second kappa shape index (κ2) is 5.26. The average Bonchev–Trinajstić information content (AvgIpc) is 2.42. The zero-order chi connectivity index (χ0) is 15.4. The van der Waals surface area contributed by atoms with Crippen molar-refractivity contribution in [3.63, 3.8) is 0 Å². The van der Waals surface area contributed by atoms with E-state index in [4.69, 9.17) is 21.0 Å². The van der Waals surface area contributed by atoms with Gasteiger partial charge in [-0.3, -0.25) is 4.98 Å². The molecule has 0 atom stereocenters. The first-order valence-electron chi connectivity index (χ1n) is 5.02. The Kier molecular flexibility index (Phi) is 3.94. The van der Waals surface area contributed by atoms with Crippen molar-refractivity contribution < 1.29 is 13.2 Å². The number of pyridine rings is 1. The van der Waals surface area contributed by atoms with Crippen LogP contribution in [0.5, 0.6) is 0 Å². The number of halogens is 3. The molecule has 0 aliphatic heterocycles. The SMILES string of the molecule is N#CCc1cc(C(F)(F)F)cnc1C(C#N)(C#N)C#N. The quantitative estimate of drug-likeness (QED) is 0.819. The molecular formula is C12H4F3N5. The molecule has 0 aromatic carbocycles. The van der Waals surface area contributed by atoms with E-state index in [9.17, 15) is 13.2 Å². The third-order valence-corrected chi connectivity index (χ3v) is 2.42. The summed E-state index contributed by atoms with van der Waals surface area (Å²) < 4.78 is 37.7. The molecule has 0 N–H and O–H groups in total. The van der Waals surface area contributed by atoms with Gasteiger partial charge in [0.15, 0.2) is 0 Å². The summed E-state index contributed by atoms with van der Waals surface area (Å²) in [5.74, 6) is 0. The van der Waals surface area contributed by atoms with Crippen LogP contribution in [0.25, 0.3) is 0 Å². The van der Waals surface area contributed by atoms with E-state index in [0.717, 1.165) is 0 Å². The van der Waals surface area contributed by atoms with Gasteiger partial charge in [0.25, 0.3) is 5.41 Å². The largest absolute Gasteiger partial charge is 0.417 e. The zero-order valence-electron chi connectivity index (χ0n) is 9.73. The van der Waals surface area contributed by atoms with Crippen LogP contribution in [0.2, 0.25) is 0 Å². The molecule has 0 aliphatic rings. The van der Waals surface area contributed by atoms with Gasteiger partial charge in [0.05, 0.1) is 23.7 Å². The van der Waals surface area contributed by atoms with Crippen LogP contribution in [0, 0.1) is 45.3 Å². The number of rotatable bonds is 2. The highest BCUT2D eigenvalue weighted by Crippen LogP contribution is 2.32. The van der Waals surface area contributed by atoms with E-state index >= 15 is 0 Å². The third-order valence-electron chi connectivity index (χ3n) is 2.42. The highest BCUT2D eigenvalue weighted by Gasteiger charge is 2.39. The fourth-order valence-corrected chi connectivity index (χ4v) is 1.46. The van der Waals surface area contributed by atoms with Crippen molar-refractivity contribution >= 4 is 0 Å². The first-order chi connectivity index (χ1) is 9.34. The monoisotopic (exact) mass is 275 g/mol. The van der Waals surface area contributed by atoms with E-state index in [-0.39, 0.29) is 5.56 Å². The van der Waals surface area contributed by atoms with Crippen molar-refractivity contribution in [3.05, 3.63) is 29.1 Å². The topological polar surface area (TPSA) is 108 Å². The Labute approximate surface area is 111 Å². The summed E-state index contributed by atoms with van der Waals surface area (Å²) in [5.41, 5.74) is -4.17. The first kappa shape index (κ1) is 15.0. The van der Waals surface area contributed by atoms with Crippen molar-refractivity contribution in [2.24, 2.45) is 0 Å². The van der Waals surface area contributed by atoms with Gasteiger partial charge in [-0.05, 0) is 11.6 Å². The molecule has 20 heavy (non-hydrogen) atoms. The first-order valence-corrected chi connectivity index (χ1v) is 5.02. The average molecular weight is 275 g/mol. The van der Waals surface area contributed by atoms with E-state index in [0.29, 0.717) is 12.3 Å². The lowest BCUT2D eigenvalue weighted by Crippen LogP contribution is -2.24. The van der Waals surface area contributed by atoms with Gasteiger partial charge in [0.2, 0.25) is 0 Å². The second-order valence-electron chi connectivity index (χ2n) is 3.65. The minimum absolute atomic E-state index is 0.271. The summed E-state index contributed by atoms with van der Waals surface area (Å²) in [6, 6.07) is 6.47. The number of hydrogen-bond acceptors (Lipinski definition) is 5. The molecular weight excluding hydrogens is 271 g/mol. The summed E-state index contributed by atoms with van der Waals surface area (Å²) in [6.45, 7) is 0. The zero-order valence-corrected chi connectivity index (χ0v) is 9.73. The standard InChI is InChI=1S/C12H4F3N5/c13-12(14,15)9-3-8(1-2-16)10(20-4-9)11(5-17,6-18)7-19/h3-4H,1H2. The molecule has 8 heteroatoms. The molecule has 0 unspecified atom stereocenters. The molecule has 0 aliphatic carbocycles. The predicted octanol–water partition coefficient (Wildman–Crippen LogP) is 1.98. The molecule has 1 heterocycles. The van der Waals surface area contributed by atoms with Crippen molar-refractivity contribution in [1.82, 2.24) is 4.98 Å². The maximum Gasteiger partial charge on any atom is 0.417 e. The van der Waals surface area contributed by atoms with Crippen LogP contribution < -0.4 is 0 Å². The van der Waals surface area contributed by atoms with Crippen LogP contribution in [-0.4, -0.2) is 4.98 Å². The van der Waals surface area contributed by atoms with Gasteiger partial charge in [-0.1, -0.05) is 0 Å². The van der Waals surface area contributed by atoms with Crippen LogP contribution in [-0.2, 0) is 18.0 Å². The summed E-state index contributed by atoms with van der Waals surface area (Å²) in [7, 11) is 0. The van der Waals surface area contributed by atoms with Crippen molar-refractivity contribution in [1.29, 1.82) is 21.0 Å². The lowest BCUT2D eigenvalue weighted by Gasteiger charge is -2.15. The van der Waals surface area contributed by atoms with Gasteiger partial charge in [-0.15, -0.1) is 0 Å². The number of hydrogen-bond donors (Lipinski definition) is 0. The molecule has 0 spiro atoms. The molecule has 0 amide bonds. The Hall–Kier alpha value is -3.10. The normalized spacial score (nSPS) is 10.8. The maximum absolute atomic E-state index is 12.6. The fraction of sp³-hybridized carbons (Fsp3) is 0.250. The number of alkyl halides is 3. The maximum atomic E-state index is 12.6. The van der Waals surface area contributed by atoms with Gasteiger partial charge in [0.1, 0.15) is 18.2 Å². The minimum Gasteiger partial charge on any atom is -0.256 e. The summed E-state index contributed by atoms with van der Waals surface area (Å²) in [6.07, 6.45) is -4.75. The Bertz CT molecular complexity index is 658. The Morgan fingerprint density at radius 3 is 2.00 bits per heavy atom. The lowest BCUT2D eigenvalue weighted by molar-refractivity contribution is -0.137. The van der Waals surface area contributed by atoms with Gasteiger partial charge in [-0.25, -0.2) is 0 Å². The number of nitrogens with zero attached hydrogens (tertiary/aromatic N) is 5. The molecule has 1 aromatic rings. The molecule has 1 aromatic heterocycles.